The maximum Gasteiger partial charge on any atom is 0.356 e. The number of nitrogens with zero attached hydrogens (tertiary/aromatic N) is 7. The number of aromatic nitrogens is 8. The lowest BCUT2D eigenvalue weighted by atomic mass is 9.73. The number of aromatic carboxylic acids is 1. The van der Waals surface area contributed by atoms with E-state index < -0.39 is 14.0 Å². The van der Waals surface area contributed by atoms with Crippen LogP contribution in [0.2, 0.25) is 25.7 Å². The summed E-state index contributed by atoms with van der Waals surface area (Å²) in [5.41, 5.74) is 14.5. The highest BCUT2D eigenvalue weighted by Gasteiger charge is 2.42. The van der Waals surface area contributed by atoms with Crippen LogP contribution in [0.25, 0.3) is 0 Å². The summed E-state index contributed by atoms with van der Waals surface area (Å²) in [7, 11) is -1.13. The molecular formula is C48H62N10O6Si. The molecule has 1 amide bonds. The van der Waals surface area contributed by atoms with Crippen molar-refractivity contribution < 1.29 is 28.9 Å². The minimum Gasteiger partial charge on any atom is -0.476 e. The molecule has 2 atom stereocenters. The fraction of sp³-hybridized carbons (Fsp3) is 0.458. The van der Waals surface area contributed by atoms with E-state index >= 15 is 0 Å². The number of benzene rings is 2. The van der Waals surface area contributed by atoms with E-state index in [1.54, 1.807) is 17.1 Å². The van der Waals surface area contributed by atoms with Gasteiger partial charge in [-0.3, -0.25) is 19.3 Å². The SMILES string of the molecule is C[Si](C)(C)CCOCn1nc(C(=O)O)c2c1CC1(CCOC1)CC2.Nc1cnn(Cc2ccccc2)c1.O=C(Nc1cnn(Cc2ccccc2)c1)c1n[nH]c2c1CCC1(CCOC1)C2. The van der Waals surface area contributed by atoms with E-state index in [0.29, 0.717) is 37.0 Å². The van der Waals surface area contributed by atoms with Gasteiger partial charge in [0, 0.05) is 73.6 Å². The third-order valence-electron chi connectivity index (χ3n) is 12.9. The van der Waals surface area contributed by atoms with Gasteiger partial charge in [0.25, 0.3) is 5.91 Å². The number of carboxylic acids is 1. The normalized spacial score (nSPS) is 19.8. The molecule has 65 heavy (non-hydrogen) atoms. The van der Waals surface area contributed by atoms with Gasteiger partial charge in [0.15, 0.2) is 11.4 Å². The predicted molar refractivity (Wildman–Crippen MR) is 250 cm³/mol. The lowest BCUT2D eigenvalue weighted by Gasteiger charge is -2.32. The molecule has 16 nitrogen and oxygen atoms in total. The van der Waals surface area contributed by atoms with Crippen LogP contribution in [-0.4, -0.2) is 97.6 Å². The number of nitrogens with two attached hydrogens (primary N) is 1. The molecule has 0 saturated carbocycles. The summed E-state index contributed by atoms with van der Waals surface area (Å²) in [5, 5.41) is 32.6. The molecule has 6 heterocycles. The topological polar surface area (TPSA) is 202 Å². The first-order chi connectivity index (χ1) is 31.3. The second-order valence-electron chi connectivity index (χ2n) is 19.2. The van der Waals surface area contributed by atoms with Gasteiger partial charge in [0.2, 0.25) is 0 Å². The van der Waals surface area contributed by atoms with Crippen LogP contribution in [0.15, 0.2) is 85.5 Å². The molecule has 2 unspecified atom stereocenters. The first kappa shape index (κ1) is 45.7. The van der Waals surface area contributed by atoms with Crippen LogP contribution in [0.5, 0.6) is 0 Å². The summed E-state index contributed by atoms with van der Waals surface area (Å²) in [6.45, 7) is 12.7. The van der Waals surface area contributed by atoms with E-state index in [2.05, 4.69) is 74.7 Å². The number of nitrogens with one attached hydrogen (secondary N) is 2. The molecule has 5 N–H and O–H groups in total. The van der Waals surface area contributed by atoms with Crippen molar-refractivity contribution >= 4 is 31.3 Å². The van der Waals surface area contributed by atoms with Crippen molar-refractivity contribution in [2.24, 2.45) is 10.8 Å². The van der Waals surface area contributed by atoms with Gasteiger partial charge >= 0.3 is 5.97 Å². The number of hydrogen-bond donors (Lipinski definition) is 4. The fourth-order valence-electron chi connectivity index (χ4n) is 9.18. The van der Waals surface area contributed by atoms with Gasteiger partial charge in [-0.15, -0.1) is 0 Å². The quantitative estimate of drug-likeness (QED) is 0.0721. The van der Waals surface area contributed by atoms with Crippen LogP contribution in [0.1, 0.15) is 80.3 Å². The number of carbonyl (C=O) groups is 2. The predicted octanol–water partition coefficient (Wildman–Crippen LogP) is 7.10. The zero-order valence-corrected chi connectivity index (χ0v) is 38.8. The number of carbonyl (C=O) groups excluding carboxylic acids is 1. The molecule has 0 radical (unpaired) electrons. The monoisotopic (exact) mass is 902 g/mol. The van der Waals surface area contributed by atoms with Gasteiger partial charge in [0.05, 0.1) is 50.1 Å². The number of hydrogen-bond acceptors (Lipinski definition) is 10. The van der Waals surface area contributed by atoms with Crippen LogP contribution in [-0.2, 0) is 59.7 Å². The minimum atomic E-state index is -1.13. The average molecular weight is 903 g/mol. The van der Waals surface area contributed by atoms with Crippen molar-refractivity contribution in [3.05, 3.63) is 130 Å². The van der Waals surface area contributed by atoms with Gasteiger partial charge in [0.1, 0.15) is 6.73 Å². The van der Waals surface area contributed by atoms with Crippen molar-refractivity contribution in [2.45, 2.75) is 96.9 Å². The third kappa shape index (κ3) is 11.7. The Balaban J connectivity index is 0.000000141. The lowest BCUT2D eigenvalue weighted by molar-refractivity contribution is 0.0665. The molecule has 2 saturated heterocycles. The Kier molecular flexibility index (Phi) is 14.1. The third-order valence-corrected chi connectivity index (χ3v) is 14.6. The van der Waals surface area contributed by atoms with E-state index in [0.717, 1.165) is 118 Å². The number of ether oxygens (including phenoxy) is 3. The van der Waals surface area contributed by atoms with Crippen LogP contribution in [0, 0.1) is 10.8 Å². The summed E-state index contributed by atoms with van der Waals surface area (Å²) in [4.78, 5) is 24.3. The van der Waals surface area contributed by atoms with Gasteiger partial charge in [-0.05, 0) is 68.5 Å². The van der Waals surface area contributed by atoms with E-state index in [1.807, 2.05) is 58.2 Å². The van der Waals surface area contributed by atoms with Crippen molar-refractivity contribution in [1.82, 2.24) is 39.5 Å². The van der Waals surface area contributed by atoms with Crippen LogP contribution >= 0.6 is 0 Å². The smallest absolute Gasteiger partial charge is 0.356 e. The molecule has 10 rings (SSSR count). The molecule has 2 aliphatic carbocycles. The number of amides is 1. The zero-order chi connectivity index (χ0) is 45.4. The number of fused-ring (bicyclic) bond motifs is 2. The van der Waals surface area contributed by atoms with Crippen molar-refractivity contribution in [3.63, 3.8) is 0 Å². The maximum atomic E-state index is 12.8. The fourth-order valence-corrected chi connectivity index (χ4v) is 9.94. The number of anilines is 2. The van der Waals surface area contributed by atoms with Crippen LogP contribution in [0.4, 0.5) is 11.4 Å². The molecule has 4 aliphatic rings. The molecule has 2 spiro atoms. The minimum absolute atomic E-state index is 0.166. The highest BCUT2D eigenvalue weighted by molar-refractivity contribution is 6.76. The van der Waals surface area contributed by atoms with Gasteiger partial charge in [-0.1, -0.05) is 80.3 Å². The summed E-state index contributed by atoms with van der Waals surface area (Å²) in [5.74, 6) is -1.12. The Morgan fingerprint density at radius 3 is 2.03 bits per heavy atom. The summed E-state index contributed by atoms with van der Waals surface area (Å²) in [6, 6.07) is 21.4. The van der Waals surface area contributed by atoms with Crippen molar-refractivity contribution in [3.8, 4) is 0 Å². The second-order valence-corrected chi connectivity index (χ2v) is 24.9. The first-order valence-electron chi connectivity index (χ1n) is 22.7. The summed E-state index contributed by atoms with van der Waals surface area (Å²) >= 11 is 0. The number of nitrogen functional groups attached to an aromatic ring is 1. The molecule has 6 aromatic rings. The van der Waals surface area contributed by atoms with Gasteiger partial charge in [-0.25, -0.2) is 9.48 Å². The number of rotatable bonds is 12. The molecular weight excluding hydrogens is 841 g/mol. The molecule has 2 aliphatic heterocycles. The van der Waals surface area contributed by atoms with E-state index in [9.17, 15) is 14.7 Å². The number of carboxylic acid groups (broad SMARTS) is 1. The largest absolute Gasteiger partial charge is 0.476 e. The summed E-state index contributed by atoms with van der Waals surface area (Å²) in [6.07, 6.45) is 14.6. The van der Waals surface area contributed by atoms with Crippen LogP contribution in [0.3, 0.4) is 0 Å². The molecule has 17 heteroatoms. The average Bonchev–Trinajstić information content (AvgIpc) is 4.17. The van der Waals surface area contributed by atoms with Crippen molar-refractivity contribution in [1.29, 1.82) is 0 Å². The Morgan fingerprint density at radius 1 is 0.831 bits per heavy atom. The highest BCUT2D eigenvalue weighted by atomic mass is 28.3. The molecule has 0 bridgehead atoms. The Hall–Kier alpha value is -5.88. The Bertz CT molecular complexity index is 2510. The highest BCUT2D eigenvalue weighted by Crippen LogP contribution is 2.43. The standard InChI is InChI=1S/C21H23N5O2.C17H28N2O4Si.C10H11N3/c27-20(23-16-11-22-26(13-16)12-15-4-2-1-3-5-15)19-17-6-7-21(8-9-28-14-21)10-18(17)24-25-19;1-24(2,3)9-8-23-12-19-14-10-17(6-7-22-11-17)5-4-13(14)15(18-19)16(20)21;11-10-6-12-13(8-10)7-9-4-2-1-3-5-9/h1-5,11,13H,6-10,12,14H2,(H,23,27)(H,24,25);4-12H2,1-3H3,(H,20,21);1-6,8H,7,11H2. The van der Waals surface area contributed by atoms with Crippen molar-refractivity contribution in [2.75, 3.05) is 44.1 Å². The molecule has 4 aromatic heterocycles. The van der Waals surface area contributed by atoms with E-state index in [1.165, 1.54) is 5.56 Å². The molecule has 2 aromatic carbocycles. The number of H-pyrrole nitrogens is 1. The Morgan fingerprint density at radius 2 is 1.45 bits per heavy atom. The van der Waals surface area contributed by atoms with Gasteiger partial charge in [-0.2, -0.15) is 20.4 Å². The Labute approximate surface area is 380 Å². The molecule has 344 valence electrons. The van der Waals surface area contributed by atoms with Crippen LogP contribution < -0.4 is 11.1 Å². The number of aromatic amines is 1. The second kappa shape index (κ2) is 20.1. The lowest BCUT2D eigenvalue weighted by Crippen LogP contribution is -2.31. The summed E-state index contributed by atoms with van der Waals surface area (Å²) < 4.78 is 22.5. The zero-order valence-electron chi connectivity index (χ0n) is 37.8. The van der Waals surface area contributed by atoms with Gasteiger partial charge < -0.3 is 30.4 Å². The first-order valence-corrected chi connectivity index (χ1v) is 26.4. The van der Waals surface area contributed by atoms with E-state index in [-0.39, 0.29) is 22.4 Å². The maximum absolute atomic E-state index is 12.8. The van der Waals surface area contributed by atoms with E-state index in [4.69, 9.17) is 19.9 Å². The molecule has 2 fully saturated rings.